The lowest BCUT2D eigenvalue weighted by atomic mass is 9.97. The third-order valence-corrected chi connectivity index (χ3v) is 5.75. The molecule has 0 spiro atoms. The Hall–Kier alpha value is -2.73. The number of rotatable bonds is 3. The highest BCUT2D eigenvalue weighted by Crippen LogP contribution is 2.35. The first-order valence-corrected chi connectivity index (χ1v) is 9.70. The summed E-state index contributed by atoms with van der Waals surface area (Å²) in [5, 5.41) is 3.27. The number of nitrogens with zero attached hydrogens (tertiary/aromatic N) is 2. The first kappa shape index (κ1) is 18.6. The number of carbonyl (C=O) groups is 2. The van der Waals surface area contributed by atoms with Gasteiger partial charge in [-0.2, -0.15) is 0 Å². The minimum Gasteiger partial charge on any atom is -0.495 e. The summed E-state index contributed by atoms with van der Waals surface area (Å²) in [5.74, 6) is 0.341. The molecule has 1 N–H and O–H groups in total. The molecule has 0 saturated carbocycles. The molecule has 1 saturated heterocycles. The maximum Gasteiger partial charge on any atom is 0.257 e. The average Bonchev–Trinajstić information content (AvgIpc) is 2.71. The van der Waals surface area contributed by atoms with Crippen LogP contribution in [0.2, 0.25) is 5.02 Å². The molecule has 1 atom stereocenters. The van der Waals surface area contributed by atoms with E-state index in [4.69, 9.17) is 16.3 Å². The van der Waals surface area contributed by atoms with E-state index >= 15 is 0 Å². The van der Waals surface area contributed by atoms with E-state index in [1.807, 2.05) is 11.9 Å². The minimum absolute atomic E-state index is 0.0479. The minimum atomic E-state index is -0.254. The summed E-state index contributed by atoms with van der Waals surface area (Å²) < 4.78 is 5.13. The lowest BCUT2D eigenvalue weighted by molar-refractivity contribution is 0.0589. The van der Waals surface area contributed by atoms with Crippen molar-refractivity contribution in [2.75, 3.05) is 30.9 Å². The van der Waals surface area contributed by atoms with Gasteiger partial charge in [0.1, 0.15) is 11.9 Å². The van der Waals surface area contributed by atoms with E-state index in [1.54, 1.807) is 36.4 Å². The van der Waals surface area contributed by atoms with Gasteiger partial charge >= 0.3 is 0 Å². The molecule has 0 unspecified atom stereocenters. The quantitative estimate of drug-likeness (QED) is 0.847. The van der Waals surface area contributed by atoms with Crippen LogP contribution in [0.4, 0.5) is 11.4 Å². The Kier molecular flexibility index (Phi) is 4.89. The summed E-state index contributed by atoms with van der Waals surface area (Å²) >= 11 is 6.13. The molecule has 0 aliphatic carbocycles. The van der Waals surface area contributed by atoms with Gasteiger partial charge in [0.2, 0.25) is 0 Å². The first-order valence-electron chi connectivity index (χ1n) is 9.32. The van der Waals surface area contributed by atoms with Crippen LogP contribution in [0.5, 0.6) is 5.75 Å². The van der Waals surface area contributed by atoms with Crippen molar-refractivity contribution in [3.63, 3.8) is 0 Å². The molecule has 7 heteroatoms. The fraction of sp³-hybridized carbons (Fsp3) is 0.333. The fourth-order valence-corrected chi connectivity index (χ4v) is 4.22. The lowest BCUT2D eigenvalue weighted by Crippen LogP contribution is -2.55. The Bertz CT molecular complexity index is 946. The smallest absolute Gasteiger partial charge is 0.257 e. The van der Waals surface area contributed by atoms with Crippen LogP contribution in [0.15, 0.2) is 36.4 Å². The number of hydrogen-bond donors (Lipinski definition) is 1. The van der Waals surface area contributed by atoms with Crippen LogP contribution >= 0.6 is 11.6 Å². The van der Waals surface area contributed by atoms with Gasteiger partial charge in [0.25, 0.3) is 11.8 Å². The van der Waals surface area contributed by atoms with Gasteiger partial charge in [-0.3, -0.25) is 9.59 Å². The molecule has 2 aromatic rings. The molecule has 146 valence electrons. The van der Waals surface area contributed by atoms with Crippen LogP contribution in [0.1, 0.15) is 40.0 Å². The molecule has 28 heavy (non-hydrogen) atoms. The number of amides is 2. The highest BCUT2D eigenvalue weighted by molar-refractivity contribution is 6.32. The molecular formula is C21H22ClN3O3. The number of hydrogen-bond acceptors (Lipinski definition) is 4. The number of methoxy groups -OCH3 is 1. The van der Waals surface area contributed by atoms with Gasteiger partial charge in [0.05, 0.1) is 23.4 Å². The predicted octanol–water partition coefficient (Wildman–Crippen LogP) is 4.00. The molecule has 2 aliphatic heterocycles. The van der Waals surface area contributed by atoms with Crippen LogP contribution in [-0.4, -0.2) is 43.6 Å². The largest absolute Gasteiger partial charge is 0.495 e. The maximum absolute atomic E-state index is 12.8. The van der Waals surface area contributed by atoms with Crippen molar-refractivity contribution in [1.29, 1.82) is 0 Å². The van der Waals surface area contributed by atoms with Gasteiger partial charge < -0.3 is 19.9 Å². The summed E-state index contributed by atoms with van der Waals surface area (Å²) in [4.78, 5) is 29.6. The van der Waals surface area contributed by atoms with E-state index in [0.29, 0.717) is 27.6 Å². The normalized spacial score (nSPS) is 18.4. The second-order valence-electron chi connectivity index (χ2n) is 7.12. The summed E-state index contributed by atoms with van der Waals surface area (Å²) in [6, 6.07) is 10.3. The van der Waals surface area contributed by atoms with Crippen molar-refractivity contribution >= 4 is 34.8 Å². The summed E-state index contributed by atoms with van der Waals surface area (Å²) in [6.07, 6.45) is 3.15. The number of carbonyl (C=O) groups excluding carboxylic acids is 2. The van der Waals surface area contributed by atoms with Gasteiger partial charge in [-0.25, -0.2) is 0 Å². The van der Waals surface area contributed by atoms with Gasteiger partial charge in [0, 0.05) is 24.8 Å². The zero-order valence-corrected chi connectivity index (χ0v) is 16.6. The topological polar surface area (TPSA) is 61.9 Å². The van der Waals surface area contributed by atoms with Crippen molar-refractivity contribution in [1.82, 2.24) is 4.90 Å². The van der Waals surface area contributed by atoms with E-state index in [-0.39, 0.29) is 18.0 Å². The van der Waals surface area contributed by atoms with Gasteiger partial charge in [-0.15, -0.1) is 0 Å². The van der Waals surface area contributed by atoms with E-state index in [1.165, 1.54) is 7.11 Å². The zero-order valence-electron chi connectivity index (χ0n) is 15.9. The number of halogens is 1. The van der Waals surface area contributed by atoms with E-state index in [2.05, 4.69) is 10.2 Å². The third kappa shape index (κ3) is 3.18. The number of nitrogens with one attached hydrogen (secondary N) is 1. The van der Waals surface area contributed by atoms with E-state index in [0.717, 1.165) is 31.5 Å². The monoisotopic (exact) mass is 399 g/mol. The van der Waals surface area contributed by atoms with Crippen LogP contribution in [0.25, 0.3) is 0 Å². The highest BCUT2D eigenvalue weighted by atomic mass is 35.5. The third-order valence-electron chi connectivity index (χ3n) is 5.46. The number of fused-ring (bicyclic) bond motifs is 2. The van der Waals surface area contributed by atoms with E-state index < -0.39 is 0 Å². The summed E-state index contributed by atoms with van der Waals surface area (Å²) in [6.45, 7) is 0.785. The number of ether oxygens (including phenoxy) is 1. The fourth-order valence-electron chi connectivity index (χ4n) is 3.96. The number of benzene rings is 2. The Morgan fingerprint density at radius 2 is 2.04 bits per heavy atom. The average molecular weight is 400 g/mol. The molecule has 2 aromatic carbocycles. The standard InChI is InChI=1S/C21H22ClN3O3/c1-24-17-11-13(20(26)23-14-7-9-18(28-2)16(22)12-14)6-8-15(17)21(27)25-10-4-3-5-19(24)25/h6-9,11-12,19H,3-5,10H2,1-2H3,(H,23,26)/t19-/m0/s1. The number of piperidine rings is 1. The van der Waals surface area contributed by atoms with Crippen molar-refractivity contribution in [2.24, 2.45) is 0 Å². The SMILES string of the molecule is COc1ccc(NC(=O)c2ccc3c(c2)N(C)[C@@H]2CCCCN2C3=O)cc1Cl. The Morgan fingerprint density at radius 1 is 1.21 bits per heavy atom. The highest BCUT2D eigenvalue weighted by Gasteiger charge is 2.37. The van der Waals surface area contributed by atoms with Crippen LogP contribution < -0.4 is 15.0 Å². The Morgan fingerprint density at radius 3 is 2.79 bits per heavy atom. The Labute approximate surface area is 169 Å². The molecule has 2 amide bonds. The molecule has 2 heterocycles. The Balaban J connectivity index is 1.60. The molecule has 0 bridgehead atoms. The molecular weight excluding hydrogens is 378 g/mol. The summed E-state index contributed by atoms with van der Waals surface area (Å²) in [7, 11) is 3.52. The first-order chi connectivity index (χ1) is 13.5. The second kappa shape index (κ2) is 7.36. The van der Waals surface area contributed by atoms with Gasteiger partial charge in [-0.1, -0.05) is 11.6 Å². The number of anilines is 2. The molecule has 0 aromatic heterocycles. The molecule has 0 radical (unpaired) electrons. The predicted molar refractivity (Wildman–Crippen MR) is 109 cm³/mol. The van der Waals surface area contributed by atoms with Gasteiger partial charge in [-0.05, 0) is 55.7 Å². The zero-order chi connectivity index (χ0) is 19.8. The van der Waals surface area contributed by atoms with Crippen molar-refractivity contribution in [3.8, 4) is 5.75 Å². The van der Waals surface area contributed by atoms with Crippen molar-refractivity contribution in [2.45, 2.75) is 25.4 Å². The molecule has 2 aliphatic rings. The molecule has 4 rings (SSSR count). The van der Waals surface area contributed by atoms with Crippen molar-refractivity contribution < 1.29 is 14.3 Å². The van der Waals surface area contributed by atoms with E-state index in [9.17, 15) is 9.59 Å². The molecule has 1 fully saturated rings. The lowest BCUT2D eigenvalue weighted by Gasteiger charge is -2.46. The maximum atomic E-state index is 12.8. The molecule has 6 nitrogen and oxygen atoms in total. The van der Waals surface area contributed by atoms with Crippen LogP contribution in [0, 0.1) is 0 Å². The van der Waals surface area contributed by atoms with Crippen molar-refractivity contribution in [3.05, 3.63) is 52.5 Å². The van der Waals surface area contributed by atoms with Gasteiger partial charge in [0.15, 0.2) is 0 Å². The van der Waals surface area contributed by atoms with Crippen LogP contribution in [-0.2, 0) is 0 Å². The summed E-state index contributed by atoms with van der Waals surface area (Å²) in [5.41, 5.74) is 2.52. The van der Waals surface area contributed by atoms with Crippen LogP contribution in [0.3, 0.4) is 0 Å². The second-order valence-corrected chi connectivity index (χ2v) is 7.53.